The van der Waals surface area contributed by atoms with Crippen molar-refractivity contribution < 1.29 is 24.6 Å². The number of hydrogen-bond donors (Lipinski definition) is 3. The van der Waals surface area contributed by atoms with E-state index in [1.165, 1.54) is 35.3 Å². The number of amides is 2. The van der Waals surface area contributed by atoms with Crippen molar-refractivity contribution >= 4 is 41.3 Å². The molecule has 0 spiro atoms. The topological polar surface area (TPSA) is 107 Å². The van der Waals surface area contributed by atoms with E-state index in [2.05, 4.69) is 5.32 Å². The van der Waals surface area contributed by atoms with E-state index in [-0.39, 0.29) is 23.7 Å². The van der Waals surface area contributed by atoms with Crippen LogP contribution < -0.4 is 5.32 Å². The molecule has 0 aromatic carbocycles. The number of nitrogens with zero attached hydrogens (tertiary/aromatic N) is 1. The third-order valence-corrected chi connectivity index (χ3v) is 6.82. The van der Waals surface area contributed by atoms with E-state index >= 15 is 0 Å². The van der Waals surface area contributed by atoms with Gasteiger partial charge in [0.1, 0.15) is 0 Å². The third-order valence-electron chi connectivity index (χ3n) is 3.53. The lowest BCUT2D eigenvalue weighted by atomic mass is 9.93. The van der Waals surface area contributed by atoms with Crippen LogP contribution in [0.4, 0.5) is 0 Å². The van der Waals surface area contributed by atoms with Crippen molar-refractivity contribution in [3.8, 4) is 0 Å². The molecule has 9 heteroatoms. The second-order valence-electron chi connectivity index (χ2n) is 5.13. The van der Waals surface area contributed by atoms with E-state index in [9.17, 15) is 24.6 Å². The molecule has 2 fully saturated rings. The number of aliphatic hydroxyl groups excluding tert-OH is 1. The van der Waals surface area contributed by atoms with E-state index in [1.54, 1.807) is 6.92 Å². The molecular formula is C12H18N2O5S2. The van der Waals surface area contributed by atoms with Gasteiger partial charge in [0.25, 0.3) is 0 Å². The maximum atomic E-state index is 11.9. The molecule has 0 radical (unpaired) electrons. The van der Waals surface area contributed by atoms with E-state index in [4.69, 9.17) is 0 Å². The first kappa shape index (κ1) is 16.4. The van der Waals surface area contributed by atoms with Gasteiger partial charge < -0.3 is 20.4 Å². The first-order valence-corrected chi connectivity index (χ1v) is 8.43. The van der Waals surface area contributed by atoms with Crippen molar-refractivity contribution in [2.24, 2.45) is 5.92 Å². The minimum atomic E-state index is -1.12. The molecule has 118 valence electrons. The number of thioether (sulfide) groups is 2. The van der Waals surface area contributed by atoms with Gasteiger partial charge in [0.05, 0.1) is 23.9 Å². The van der Waals surface area contributed by atoms with Gasteiger partial charge in [0, 0.05) is 19.2 Å². The Morgan fingerprint density at radius 1 is 1.62 bits per heavy atom. The van der Waals surface area contributed by atoms with Crippen LogP contribution in [0.15, 0.2) is 0 Å². The van der Waals surface area contributed by atoms with Gasteiger partial charge in [-0.05, 0) is 6.92 Å². The molecule has 2 saturated heterocycles. The van der Waals surface area contributed by atoms with Crippen molar-refractivity contribution in [3.63, 3.8) is 0 Å². The first-order valence-electron chi connectivity index (χ1n) is 6.56. The smallest absolute Gasteiger partial charge is 0.332 e. The van der Waals surface area contributed by atoms with Crippen molar-refractivity contribution in [3.05, 3.63) is 0 Å². The normalized spacial score (nSPS) is 32.3. The molecule has 2 rings (SSSR count). The van der Waals surface area contributed by atoms with Gasteiger partial charge in [-0.1, -0.05) is 0 Å². The number of carbonyl (C=O) groups excluding carboxylic acids is 2. The summed E-state index contributed by atoms with van der Waals surface area (Å²) in [5, 5.41) is 21.5. The number of nitrogens with one attached hydrogen (secondary N) is 1. The maximum Gasteiger partial charge on any atom is 0.332 e. The first-order chi connectivity index (χ1) is 9.78. The van der Waals surface area contributed by atoms with Crippen LogP contribution >= 0.6 is 23.5 Å². The largest absolute Gasteiger partial charge is 0.480 e. The van der Waals surface area contributed by atoms with Crippen LogP contribution in [0.1, 0.15) is 13.8 Å². The molecule has 0 saturated carbocycles. The van der Waals surface area contributed by atoms with Crippen molar-refractivity contribution in [2.45, 2.75) is 29.4 Å². The number of carboxylic acids is 1. The number of rotatable bonds is 6. The average molecular weight is 334 g/mol. The standard InChI is InChI=1S/C12H18N2O5S2/c1-6(15)8-9(17)14-5-12(11(18)19,21-10(8)14)20-4-3-13-7(2)16/h6,8,10,15H,3-5H2,1-2H3,(H,13,16)(H,18,19)/t6?,8?,10-,12?/m1/s1. The highest BCUT2D eigenvalue weighted by atomic mass is 32.2. The predicted octanol–water partition coefficient (Wildman–Crippen LogP) is -0.451. The lowest BCUT2D eigenvalue weighted by molar-refractivity contribution is -0.155. The lowest BCUT2D eigenvalue weighted by Crippen LogP contribution is -2.60. The lowest BCUT2D eigenvalue weighted by Gasteiger charge is -2.42. The van der Waals surface area contributed by atoms with Crippen molar-refractivity contribution in [1.29, 1.82) is 0 Å². The Morgan fingerprint density at radius 2 is 2.29 bits per heavy atom. The second-order valence-corrected chi connectivity index (χ2v) is 8.20. The van der Waals surface area contributed by atoms with Crippen LogP contribution in [-0.4, -0.2) is 67.3 Å². The molecule has 3 N–H and O–H groups in total. The summed E-state index contributed by atoms with van der Waals surface area (Å²) in [6.45, 7) is 3.46. The van der Waals surface area contributed by atoms with E-state index in [1.807, 2.05) is 0 Å². The second kappa shape index (κ2) is 6.05. The van der Waals surface area contributed by atoms with E-state index < -0.39 is 22.1 Å². The summed E-state index contributed by atoms with van der Waals surface area (Å²) in [6.07, 6.45) is -0.778. The number of β-lactam (4-membered cyclic amide) rings is 1. The number of aliphatic carboxylic acids is 1. The summed E-state index contributed by atoms with van der Waals surface area (Å²) in [6, 6.07) is 0. The fraction of sp³-hybridized carbons (Fsp3) is 0.750. The SMILES string of the molecule is CC(=O)NCCSC1(C(=O)O)CN2C(=O)C(C(C)O)[C@H]2S1. The van der Waals surface area contributed by atoms with Gasteiger partial charge in [0.2, 0.25) is 11.8 Å². The molecule has 3 unspecified atom stereocenters. The van der Waals surface area contributed by atoms with Crippen molar-refractivity contribution in [2.75, 3.05) is 18.8 Å². The highest BCUT2D eigenvalue weighted by Crippen LogP contribution is 2.55. The van der Waals surface area contributed by atoms with Gasteiger partial charge in [-0.3, -0.25) is 9.59 Å². The van der Waals surface area contributed by atoms with E-state index in [0.717, 1.165) is 0 Å². The maximum absolute atomic E-state index is 11.9. The zero-order valence-electron chi connectivity index (χ0n) is 11.7. The molecule has 2 aliphatic rings. The zero-order chi connectivity index (χ0) is 15.8. The van der Waals surface area contributed by atoms with Gasteiger partial charge in [-0.25, -0.2) is 4.79 Å². The fourth-order valence-corrected chi connectivity index (χ4v) is 5.67. The molecular weight excluding hydrogens is 316 g/mol. The van der Waals surface area contributed by atoms with Gasteiger partial charge in [0.15, 0.2) is 4.08 Å². The molecule has 0 aliphatic carbocycles. The zero-order valence-corrected chi connectivity index (χ0v) is 13.4. The van der Waals surface area contributed by atoms with Crippen LogP contribution in [-0.2, 0) is 14.4 Å². The highest BCUT2D eigenvalue weighted by Gasteiger charge is 2.63. The van der Waals surface area contributed by atoms with Gasteiger partial charge in [-0.2, -0.15) is 0 Å². The molecule has 0 bridgehead atoms. The van der Waals surface area contributed by atoms with Crippen LogP contribution in [0.3, 0.4) is 0 Å². The van der Waals surface area contributed by atoms with Crippen molar-refractivity contribution in [1.82, 2.24) is 10.2 Å². The molecule has 2 amide bonds. The molecule has 4 atom stereocenters. The molecule has 21 heavy (non-hydrogen) atoms. The summed E-state index contributed by atoms with van der Waals surface area (Å²) in [5.74, 6) is -1.40. The number of carbonyl (C=O) groups is 3. The highest BCUT2D eigenvalue weighted by molar-refractivity contribution is 8.19. The monoisotopic (exact) mass is 334 g/mol. The van der Waals surface area contributed by atoms with E-state index in [0.29, 0.717) is 12.3 Å². The number of hydrogen-bond acceptors (Lipinski definition) is 6. The molecule has 2 aliphatic heterocycles. The van der Waals surface area contributed by atoms with Crippen LogP contribution in [0, 0.1) is 5.92 Å². The Hall–Kier alpha value is -0.930. The predicted molar refractivity (Wildman–Crippen MR) is 79.8 cm³/mol. The Kier molecular flexibility index (Phi) is 4.74. The van der Waals surface area contributed by atoms with Gasteiger partial charge >= 0.3 is 5.97 Å². The molecule has 7 nitrogen and oxygen atoms in total. The Morgan fingerprint density at radius 3 is 2.81 bits per heavy atom. The summed E-state index contributed by atoms with van der Waals surface area (Å²) in [5.41, 5.74) is 0. The summed E-state index contributed by atoms with van der Waals surface area (Å²) >= 11 is 2.43. The Labute approximate surface area is 130 Å². The molecule has 0 aromatic heterocycles. The van der Waals surface area contributed by atoms with Gasteiger partial charge in [-0.15, -0.1) is 23.5 Å². The minimum Gasteiger partial charge on any atom is -0.480 e. The van der Waals surface area contributed by atoms with Crippen LogP contribution in [0.2, 0.25) is 0 Å². The summed E-state index contributed by atoms with van der Waals surface area (Å²) < 4.78 is -1.12. The number of aliphatic hydroxyl groups is 1. The summed E-state index contributed by atoms with van der Waals surface area (Å²) in [4.78, 5) is 35.9. The number of fused-ring (bicyclic) bond motifs is 1. The van der Waals surface area contributed by atoms with Crippen LogP contribution in [0.25, 0.3) is 0 Å². The number of carboxylic acid groups (broad SMARTS) is 1. The summed E-state index contributed by atoms with van der Waals surface area (Å²) in [7, 11) is 0. The molecule has 2 heterocycles. The van der Waals surface area contributed by atoms with Crippen LogP contribution in [0.5, 0.6) is 0 Å². The molecule has 0 aromatic rings. The average Bonchev–Trinajstić information content (AvgIpc) is 2.70. The Balaban J connectivity index is 2.00. The Bertz CT molecular complexity index is 473. The quantitative estimate of drug-likeness (QED) is 0.446. The fourth-order valence-electron chi connectivity index (χ4n) is 2.46. The minimum absolute atomic E-state index is 0.129. The third kappa shape index (κ3) is 3.00.